The van der Waals surface area contributed by atoms with Crippen LogP contribution in [0.15, 0.2) is 48.6 Å². The summed E-state index contributed by atoms with van der Waals surface area (Å²) >= 11 is 0. The number of unbranched alkanes of at least 4 members (excludes halogenated alkanes) is 3. The van der Waals surface area contributed by atoms with Crippen molar-refractivity contribution in [2.45, 2.75) is 85.5 Å². The normalized spacial score (nSPS) is 14.3. The van der Waals surface area contributed by atoms with Crippen molar-refractivity contribution in [2.24, 2.45) is 11.3 Å². The summed E-state index contributed by atoms with van der Waals surface area (Å²) in [5.74, 6) is -0.970. The van der Waals surface area contributed by atoms with Gasteiger partial charge < -0.3 is 5.11 Å². The van der Waals surface area contributed by atoms with Gasteiger partial charge in [0.15, 0.2) is 0 Å². The van der Waals surface area contributed by atoms with Crippen LogP contribution in [0.4, 0.5) is 0 Å². The molecule has 0 saturated heterocycles. The largest absolute Gasteiger partial charge is 0.481 e. The molecular formula is C24H40O2. The third-order valence-corrected chi connectivity index (χ3v) is 4.42. The first-order valence-electron chi connectivity index (χ1n) is 10.2. The Bertz CT molecular complexity index is 461. The Labute approximate surface area is 161 Å². The maximum absolute atomic E-state index is 11.3. The molecule has 1 atom stereocenters. The zero-order chi connectivity index (χ0) is 19.7. The van der Waals surface area contributed by atoms with Crippen LogP contribution in [-0.2, 0) is 4.79 Å². The molecule has 0 amide bonds. The fourth-order valence-corrected chi connectivity index (χ4v) is 2.75. The summed E-state index contributed by atoms with van der Waals surface area (Å²) in [6, 6.07) is 0. The predicted molar refractivity (Wildman–Crippen MR) is 114 cm³/mol. The molecule has 1 N–H and O–H groups in total. The van der Waals surface area contributed by atoms with Crippen molar-refractivity contribution in [1.82, 2.24) is 0 Å². The van der Waals surface area contributed by atoms with Crippen LogP contribution in [0.25, 0.3) is 0 Å². The van der Waals surface area contributed by atoms with Crippen LogP contribution in [-0.4, -0.2) is 11.1 Å². The molecule has 0 fully saturated rings. The van der Waals surface area contributed by atoms with Crippen molar-refractivity contribution in [3.63, 3.8) is 0 Å². The van der Waals surface area contributed by atoms with Gasteiger partial charge in [0.25, 0.3) is 0 Å². The Balaban J connectivity index is 3.76. The van der Waals surface area contributed by atoms with Crippen LogP contribution in [0.2, 0.25) is 0 Å². The first kappa shape index (κ1) is 24.4. The molecule has 0 aliphatic heterocycles. The fourth-order valence-electron chi connectivity index (χ4n) is 2.75. The summed E-state index contributed by atoms with van der Waals surface area (Å²) in [6.07, 6.45) is 27.1. The Morgan fingerprint density at radius 2 is 1.27 bits per heavy atom. The molecule has 0 aromatic rings. The average Bonchev–Trinajstić information content (AvgIpc) is 2.56. The minimum atomic E-state index is -0.687. The lowest BCUT2D eigenvalue weighted by Gasteiger charge is -2.26. The zero-order valence-corrected chi connectivity index (χ0v) is 17.4. The van der Waals surface area contributed by atoms with Gasteiger partial charge in [0, 0.05) is 0 Å². The molecule has 148 valence electrons. The third-order valence-electron chi connectivity index (χ3n) is 4.42. The van der Waals surface area contributed by atoms with E-state index in [0.29, 0.717) is 6.42 Å². The number of aliphatic carboxylic acids is 1. The Kier molecular flexibility index (Phi) is 14.7. The number of rotatable bonds is 14. The van der Waals surface area contributed by atoms with E-state index in [2.05, 4.69) is 55.5 Å². The summed E-state index contributed by atoms with van der Waals surface area (Å²) in [4.78, 5) is 11.3. The second kappa shape index (κ2) is 15.7. The van der Waals surface area contributed by atoms with E-state index in [9.17, 15) is 9.90 Å². The summed E-state index contributed by atoms with van der Waals surface area (Å²) in [5, 5.41) is 9.29. The van der Waals surface area contributed by atoms with Gasteiger partial charge in [-0.15, -0.1) is 0 Å². The van der Waals surface area contributed by atoms with Crippen molar-refractivity contribution in [1.29, 1.82) is 0 Å². The second-order valence-corrected chi connectivity index (χ2v) is 7.92. The smallest absolute Gasteiger partial charge is 0.307 e. The van der Waals surface area contributed by atoms with Crippen molar-refractivity contribution >= 4 is 5.97 Å². The molecule has 0 aliphatic rings. The quantitative estimate of drug-likeness (QED) is 0.257. The van der Waals surface area contributed by atoms with E-state index < -0.39 is 5.97 Å². The molecule has 0 bridgehead atoms. The number of hydrogen-bond donors (Lipinski definition) is 1. The second-order valence-electron chi connectivity index (χ2n) is 7.92. The summed E-state index contributed by atoms with van der Waals surface area (Å²) in [6.45, 7) is 8.22. The van der Waals surface area contributed by atoms with E-state index in [1.807, 2.05) is 20.8 Å². The molecular weight excluding hydrogens is 320 g/mol. The Hall–Kier alpha value is -1.57. The van der Waals surface area contributed by atoms with Crippen LogP contribution >= 0.6 is 0 Å². The monoisotopic (exact) mass is 360 g/mol. The van der Waals surface area contributed by atoms with E-state index in [1.165, 1.54) is 25.7 Å². The van der Waals surface area contributed by atoms with E-state index in [1.54, 1.807) is 0 Å². The SMILES string of the molecule is CCCCC/C=C\C/C=C\C/C=C\C/C=C\CCC(C(=O)O)C(C)(C)C. The lowest BCUT2D eigenvalue weighted by atomic mass is 9.78. The minimum absolute atomic E-state index is 0.184. The highest BCUT2D eigenvalue weighted by atomic mass is 16.4. The van der Waals surface area contributed by atoms with Crippen LogP contribution < -0.4 is 0 Å². The molecule has 0 aromatic carbocycles. The van der Waals surface area contributed by atoms with Gasteiger partial charge in [0.2, 0.25) is 0 Å². The number of carboxylic acids is 1. The van der Waals surface area contributed by atoms with Gasteiger partial charge in [0.1, 0.15) is 0 Å². The van der Waals surface area contributed by atoms with Crippen molar-refractivity contribution in [2.75, 3.05) is 0 Å². The van der Waals surface area contributed by atoms with Gasteiger partial charge in [-0.25, -0.2) is 0 Å². The lowest BCUT2D eigenvalue weighted by Crippen LogP contribution is -2.28. The topological polar surface area (TPSA) is 37.3 Å². The molecule has 1 unspecified atom stereocenters. The van der Waals surface area contributed by atoms with Gasteiger partial charge in [-0.2, -0.15) is 0 Å². The Morgan fingerprint density at radius 3 is 1.69 bits per heavy atom. The van der Waals surface area contributed by atoms with Crippen molar-refractivity contribution in [3.05, 3.63) is 48.6 Å². The fraction of sp³-hybridized carbons (Fsp3) is 0.625. The summed E-state index contributed by atoms with van der Waals surface area (Å²) in [5.41, 5.74) is -0.184. The molecule has 0 aromatic heterocycles. The van der Waals surface area contributed by atoms with Crippen molar-refractivity contribution < 1.29 is 9.90 Å². The highest BCUT2D eigenvalue weighted by Gasteiger charge is 2.29. The first-order valence-corrected chi connectivity index (χ1v) is 10.2. The standard InChI is InChI=1S/C24H40O2/c1-5-6-7-8-9-10-11-12-13-14-15-16-17-18-19-20-21-22(23(25)26)24(2,3)4/h9-10,12-13,15-16,18-19,22H,5-8,11,14,17,20-21H2,1-4H3,(H,25,26)/b10-9-,13-12-,16-15-,19-18-. The van der Waals surface area contributed by atoms with E-state index in [4.69, 9.17) is 0 Å². The highest BCUT2D eigenvalue weighted by molar-refractivity contribution is 5.70. The van der Waals surface area contributed by atoms with E-state index in [-0.39, 0.29) is 11.3 Å². The molecule has 2 nitrogen and oxygen atoms in total. The molecule has 0 rings (SSSR count). The molecule has 0 radical (unpaired) electrons. The molecule has 0 heterocycles. The van der Waals surface area contributed by atoms with Gasteiger partial charge in [-0.3, -0.25) is 4.79 Å². The molecule has 0 spiro atoms. The molecule has 0 aliphatic carbocycles. The van der Waals surface area contributed by atoms with Crippen molar-refractivity contribution in [3.8, 4) is 0 Å². The number of carboxylic acid groups (broad SMARTS) is 1. The Morgan fingerprint density at radius 1 is 0.808 bits per heavy atom. The average molecular weight is 361 g/mol. The van der Waals surface area contributed by atoms with Crippen LogP contribution in [0.3, 0.4) is 0 Å². The molecule has 0 saturated carbocycles. The highest BCUT2D eigenvalue weighted by Crippen LogP contribution is 2.30. The third kappa shape index (κ3) is 14.7. The van der Waals surface area contributed by atoms with Gasteiger partial charge in [-0.1, -0.05) is 89.1 Å². The van der Waals surface area contributed by atoms with Gasteiger partial charge >= 0.3 is 5.97 Å². The maximum Gasteiger partial charge on any atom is 0.307 e. The van der Waals surface area contributed by atoms with Crippen LogP contribution in [0.1, 0.15) is 85.5 Å². The molecule has 2 heteroatoms. The van der Waals surface area contributed by atoms with Crippen LogP contribution in [0.5, 0.6) is 0 Å². The minimum Gasteiger partial charge on any atom is -0.481 e. The number of hydrogen-bond acceptors (Lipinski definition) is 1. The summed E-state index contributed by atoms with van der Waals surface area (Å²) < 4.78 is 0. The number of carbonyl (C=O) groups is 1. The molecule has 26 heavy (non-hydrogen) atoms. The van der Waals surface area contributed by atoms with E-state index in [0.717, 1.165) is 25.7 Å². The maximum atomic E-state index is 11.3. The van der Waals surface area contributed by atoms with Gasteiger partial charge in [-0.05, 0) is 50.4 Å². The van der Waals surface area contributed by atoms with Gasteiger partial charge in [0.05, 0.1) is 5.92 Å². The first-order chi connectivity index (χ1) is 12.4. The van der Waals surface area contributed by atoms with E-state index >= 15 is 0 Å². The lowest BCUT2D eigenvalue weighted by molar-refractivity contribution is -0.145. The summed E-state index contributed by atoms with van der Waals surface area (Å²) in [7, 11) is 0. The van der Waals surface area contributed by atoms with Crippen LogP contribution in [0, 0.1) is 11.3 Å². The number of allylic oxidation sites excluding steroid dienone is 8. The zero-order valence-electron chi connectivity index (χ0n) is 17.4. The predicted octanol–water partition coefficient (Wildman–Crippen LogP) is 7.49.